The van der Waals surface area contributed by atoms with E-state index in [9.17, 15) is 9.59 Å². The highest BCUT2D eigenvalue weighted by atomic mass is 16.5. The first-order valence-corrected chi connectivity index (χ1v) is 5.50. The van der Waals surface area contributed by atoms with Gasteiger partial charge in [-0.25, -0.2) is 4.79 Å². The Labute approximate surface area is 99.6 Å². The zero-order valence-electron chi connectivity index (χ0n) is 10.2. The van der Waals surface area contributed by atoms with Gasteiger partial charge in [-0.05, 0) is 25.0 Å². The van der Waals surface area contributed by atoms with Crippen LogP contribution in [0.5, 0.6) is 5.75 Å². The predicted octanol–water partition coefficient (Wildman–Crippen LogP) is 1.53. The molecule has 5 nitrogen and oxygen atoms in total. The molecule has 0 aromatic carbocycles. The molecule has 1 unspecified atom stereocenters. The summed E-state index contributed by atoms with van der Waals surface area (Å²) in [6, 6.07) is 2.26. The van der Waals surface area contributed by atoms with Crippen LogP contribution < -0.4 is 10.3 Å². The lowest BCUT2D eigenvalue weighted by atomic mass is 10.2. The Hall–Kier alpha value is -1.78. The lowest BCUT2D eigenvalue weighted by Gasteiger charge is -2.13. The van der Waals surface area contributed by atoms with E-state index in [0.717, 1.165) is 4.57 Å². The van der Waals surface area contributed by atoms with Crippen LogP contribution in [-0.4, -0.2) is 22.2 Å². The van der Waals surface area contributed by atoms with Crippen LogP contribution in [0.1, 0.15) is 26.8 Å². The Morgan fingerprint density at radius 3 is 2.65 bits per heavy atom. The normalized spacial score (nSPS) is 12.5. The molecule has 1 aromatic rings. The van der Waals surface area contributed by atoms with Gasteiger partial charge in [0.1, 0.15) is 6.04 Å². The number of nitrogens with zero attached hydrogens (tertiary/aromatic N) is 1. The quantitative estimate of drug-likeness (QED) is 0.846. The van der Waals surface area contributed by atoms with Gasteiger partial charge in [0, 0.05) is 6.20 Å². The van der Waals surface area contributed by atoms with E-state index in [2.05, 4.69) is 0 Å². The molecule has 5 heteroatoms. The second-order valence-electron chi connectivity index (χ2n) is 4.30. The average molecular weight is 239 g/mol. The number of rotatable bonds is 5. The average Bonchev–Trinajstić information content (AvgIpc) is 2.26. The van der Waals surface area contributed by atoms with Crippen LogP contribution >= 0.6 is 0 Å². The van der Waals surface area contributed by atoms with Gasteiger partial charge in [0.05, 0.1) is 6.61 Å². The van der Waals surface area contributed by atoms with E-state index in [-0.39, 0.29) is 5.75 Å². The highest BCUT2D eigenvalue weighted by Crippen LogP contribution is 2.08. The van der Waals surface area contributed by atoms with E-state index in [0.29, 0.717) is 12.5 Å². The number of aromatic nitrogens is 1. The number of carboxylic acid groups (broad SMARTS) is 1. The molecule has 0 aliphatic heterocycles. The van der Waals surface area contributed by atoms with E-state index in [4.69, 9.17) is 9.84 Å². The van der Waals surface area contributed by atoms with E-state index in [1.165, 1.54) is 13.1 Å². The van der Waals surface area contributed by atoms with Crippen LogP contribution in [0.2, 0.25) is 0 Å². The number of ether oxygens (including phenoxy) is 1. The van der Waals surface area contributed by atoms with Crippen molar-refractivity contribution in [2.75, 3.05) is 6.61 Å². The Morgan fingerprint density at radius 2 is 2.12 bits per heavy atom. The highest BCUT2D eigenvalue weighted by Gasteiger charge is 2.16. The predicted molar refractivity (Wildman–Crippen MR) is 63.4 cm³/mol. The van der Waals surface area contributed by atoms with Gasteiger partial charge < -0.3 is 9.84 Å². The van der Waals surface area contributed by atoms with Gasteiger partial charge in [-0.2, -0.15) is 0 Å². The van der Waals surface area contributed by atoms with Gasteiger partial charge in [-0.15, -0.1) is 0 Å². The maximum Gasteiger partial charge on any atom is 0.326 e. The van der Waals surface area contributed by atoms with Crippen molar-refractivity contribution in [1.29, 1.82) is 0 Å². The Morgan fingerprint density at radius 1 is 1.47 bits per heavy atom. The minimum Gasteiger partial charge on any atom is -0.488 e. The molecule has 1 N–H and O–H groups in total. The minimum absolute atomic E-state index is 0.189. The maximum atomic E-state index is 11.9. The zero-order chi connectivity index (χ0) is 13.0. The fraction of sp³-hybridized carbons (Fsp3) is 0.500. The minimum atomic E-state index is -1.05. The molecular formula is C12H17NO4. The molecule has 0 amide bonds. The summed E-state index contributed by atoms with van der Waals surface area (Å²) >= 11 is 0. The molecule has 1 aromatic heterocycles. The van der Waals surface area contributed by atoms with Crippen molar-refractivity contribution in [2.45, 2.75) is 26.8 Å². The van der Waals surface area contributed by atoms with Gasteiger partial charge in [-0.1, -0.05) is 13.8 Å². The number of hydrogen-bond acceptors (Lipinski definition) is 3. The molecular weight excluding hydrogens is 222 g/mol. The Kier molecular flexibility index (Phi) is 4.31. The summed E-state index contributed by atoms with van der Waals surface area (Å²) < 4.78 is 6.49. The fourth-order valence-corrected chi connectivity index (χ4v) is 1.28. The highest BCUT2D eigenvalue weighted by molar-refractivity contribution is 5.71. The molecule has 94 valence electrons. The molecule has 17 heavy (non-hydrogen) atoms. The summed E-state index contributed by atoms with van der Waals surface area (Å²) in [7, 11) is 0. The van der Waals surface area contributed by atoms with Crippen molar-refractivity contribution in [3.63, 3.8) is 0 Å². The van der Waals surface area contributed by atoms with E-state index >= 15 is 0 Å². The molecule has 1 atom stereocenters. The Balaban J connectivity index is 2.99. The summed E-state index contributed by atoms with van der Waals surface area (Å²) in [5, 5.41) is 8.87. The molecule has 0 saturated carbocycles. The molecule has 1 heterocycles. The van der Waals surface area contributed by atoms with E-state index in [1.54, 1.807) is 12.1 Å². The monoisotopic (exact) mass is 239 g/mol. The van der Waals surface area contributed by atoms with Crippen LogP contribution in [0.15, 0.2) is 23.1 Å². The van der Waals surface area contributed by atoms with Crippen LogP contribution in [0.25, 0.3) is 0 Å². The van der Waals surface area contributed by atoms with Gasteiger partial charge in [-0.3, -0.25) is 9.36 Å². The molecule has 0 fully saturated rings. The number of pyridine rings is 1. The molecule has 0 aliphatic rings. The van der Waals surface area contributed by atoms with Crippen molar-refractivity contribution >= 4 is 5.97 Å². The van der Waals surface area contributed by atoms with Crippen LogP contribution in [0.3, 0.4) is 0 Å². The van der Waals surface area contributed by atoms with E-state index in [1.807, 2.05) is 13.8 Å². The second kappa shape index (κ2) is 5.52. The lowest BCUT2D eigenvalue weighted by Crippen LogP contribution is -2.28. The molecule has 0 bridgehead atoms. The van der Waals surface area contributed by atoms with Gasteiger partial charge in [0.2, 0.25) is 0 Å². The topological polar surface area (TPSA) is 68.5 Å². The molecule has 1 rings (SSSR count). The SMILES string of the molecule is CC(C)COc1cccn(C(C)C(=O)O)c1=O. The van der Waals surface area contributed by atoms with Crippen molar-refractivity contribution in [3.8, 4) is 5.75 Å². The molecule has 0 aliphatic carbocycles. The summed E-state index contributed by atoms with van der Waals surface area (Å²) in [6.07, 6.45) is 1.45. The number of aliphatic carboxylic acids is 1. The summed E-state index contributed by atoms with van der Waals surface area (Å²) in [4.78, 5) is 22.7. The smallest absolute Gasteiger partial charge is 0.326 e. The first-order valence-electron chi connectivity index (χ1n) is 5.50. The molecule has 0 radical (unpaired) electrons. The van der Waals surface area contributed by atoms with Crippen molar-refractivity contribution in [3.05, 3.63) is 28.7 Å². The lowest BCUT2D eigenvalue weighted by molar-refractivity contribution is -0.140. The number of hydrogen-bond donors (Lipinski definition) is 1. The van der Waals surface area contributed by atoms with Gasteiger partial charge in [0.25, 0.3) is 5.56 Å². The summed E-state index contributed by atoms with van der Waals surface area (Å²) in [5.41, 5.74) is -0.414. The van der Waals surface area contributed by atoms with Crippen molar-refractivity contribution < 1.29 is 14.6 Å². The summed E-state index contributed by atoms with van der Waals surface area (Å²) in [5.74, 6) is -0.553. The van der Waals surface area contributed by atoms with Crippen LogP contribution in [-0.2, 0) is 4.79 Å². The molecule has 0 spiro atoms. The first kappa shape index (κ1) is 13.3. The van der Waals surface area contributed by atoms with Crippen molar-refractivity contribution in [1.82, 2.24) is 4.57 Å². The van der Waals surface area contributed by atoms with Crippen LogP contribution in [0, 0.1) is 5.92 Å². The first-order chi connectivity index (χ1) is 7.93. The third-order valence-electron chi connectivity index (χ3n) is 2.29. The standard InChI is InChI=1S/C12H17NO4/c1-8(2)7-17-10-5-4-6-13(11(10)14)9(3)12(15)16/h4-6,8-9H,7H2,1-3H3,(H,15,16). The van der Waals surface area contributed by atoms with Crippen LogP contribution in [0.4, 0.5) is 0 Å². The Bertz CT molecular complexity index is 450. The van der Waals surface area contributed by atoms with Gasteiger partial charge >= 0.3 is 5.97 Å². The van der Waals surface area contributed by atoms with Crippen molar-refractivity contribution in [2.24, 2.45) is 5.92 Å². The second-order valence-corrected chi connectivity index (χ2v) is 4.30. The third-order valence-corrected chi connectivity index (χ3v) is 2.29. The number of carbonyl (C=O) groups is 1. The fourth-order valence-electron chi connectivity index (χ4n) is 1.28. The van der Waals surface area contributed by atoms with Gasteiger partial charge in [0.15, 0.2) is 5.75 Å². The van der Waals surface area contributed by atoms with E-state index < -0.39 is 17.6 Å². The zero-order valence-corrected chi connectivity index (χ0v) is 10.2. The molecule has 0 saturated heterocycles. The summed E-state index contributed by atoms with van der Waals surface area (Å²) in [6.45, 7) is 5.83. The number of carboxylic acids is 1. The third kappa shape index (κ3) is 3.34. The largest absolute Gasteiger partial charge is 0.488 e. The maximum absolute atomic E-state index is 11.9.